The van der Waals surface area contributed by atoms with Gasteiger partial charge < -0.3 is 15.3 Å². The fraction of sp³-hybridized carbons (Fsp3) is 0.778. The van der Waals surface area contributed by atoms with Gasteiger partial charge in [0.1, 0.15) is 0 Å². The lowest BCUT2D eigenvalue weighted by atomic mass is 9.97. The van der Waals surface area contributed by atoms with Gasteiger partial charge in [-0.15, -0.1) is 0 Å². The monoisotopic (exact) mass is 200 g/mol. The minimum Gasteiger partial charge on any atom is -0.481 e. The number of nitrogens with zero attached hydrogens (tertiary/aromatic N) is 1. The number of amides is 1. The number of nitrogens with one attached hydrogen (secondary N) is 1. The Labute approximate surface area is 83.1 Å². The topological polar surface area (TPSA) is 69.6 Å². The smallest absolute Gasteiger partial charge is 0.303 e. The molecular formula is C9H16N2O3. The predicted molar refractivity (Wildman–Crippen MR) is 50.9 cm³/mol. The largest absolute Gasteiger partial charge is 0.481 e. The summed E-state index contributed by atoms with van der Waals surface area (Å²) in [4.78, 5) is 23.0. The van der Waals surface area contributed by atoms with Crippen LogP contribution in [0.2, 0.25) is 0 Å². The fourth-order valence-electron chi connectivity index (χ4n) is 1.63. The summed E-state index contributed by atoms with van der Waals surface area (Å²) in [5, 5.41) is 11.2. The second kappa shape index (κ2) is 4.95. The number of carbonyl (C=O) groups excluding carboxylic acids is 1. The number of aliphatic carboxylic acids is 1. The summed E-state index contributed by atoms with van der Waals surface area (Å²) in [6.07, 6.45) is 0.261. The van der Waals surface area contributed by atoms with E-state index >= 15 is 0 Å². The lowest BCUT2D eigenvalue weighted by Crippen LogP contribution is -2.49. The summed E-state index contributed by atoms with van der Waals surface area (Å²) in [6.45, 7) is 4.63. The summed E-state index contributed by atoms with van der Waals surface area (Å²) in [5.74, 6) is -0.450. The first-order chi connectivity index (χ1) is 6.58. The van der Waals surface area contributed by atoms with E-state index in [2.05, 4.69) is 10.2 Å². The molecule has 0 saturated carbocycles. The second-order valence-corrected chi connectivity index (χ2v) is 3.71. The average Bonchev–Trinajstić information content (AvgIpc) is 1.98. The molecule has 0 aliphatic carbocycles. The van der Waals surface area contributed by atoms with Gasteiger partial charge in [0.25, 0.3) is 0 Å². The van der Waals surface area contributed by atoms with E-state index in [4.69, 9.17) is 5.11 Å². The molecule has 5 nitrogen and oxygen atoms in total. The molecule has 0 unspecified atom stereocenters. The molecule has 2 N–H and O–H groups in total. The van der Waals surface area contributed by atoms with Crippen molar-refractivity contribution in [2.24, 2.45) is 5.92 Å². The van der Waals surface area contributed by atoms with Crippen LogP contribution in [0.3, 0.4) is 0 Å². The van der Waals surface area contributed by atoms with E-state index in [-0.39, 0.29) is 12.3 Å². The maximum absolute atomic E-state index is 10.5. The Kier molecular flexibility index (Phi) is 3.88. The van der Waals surface area contributed by atoms with Crippen LogP contribution in [0.25, 0.3) is 0 Å². The Morgan fingerprint density at radius 3 is 2.64 bits per heavy atom. The van der Waals surface area contributed by atoms with Crippen molar-refractivity contribution in [2.45, 2.75) is 13.3 Å². The van der Waals surface area contributed by atoms with E-state index in [9.17, 15) is 9.59 Å². The van der Waals surface area contributed by atoms with Gasteiger partial charge in [-0.05, 0) is 5.92 Å². The zero-order valence-corrected chi connectivity index (χ0v) is 8.32. The molecule has 0 atom stereocenters. The summed E-state index contributed by atoms with van der Waals surface area (Å²) in [7, 11) is 0. The SMILES string of the molecule is CC(=O)NCCN1CC(CC(=O)O)C1. The molecule has 0 aromatic heterocycles. The number of carboxylic acids is 1. The van der Waals surface area contributed by atoms with Crippen LogP contribution in [0.5, 0.6) is 0 Å². The molecule has 0 radical (unpaired) electrons. The van der Waals surface area contributed by atoms with Crippen LogP contribution in [-0.2, 0) is 9.59 Å². The molecule has 1 amide bonds. The Balaban J connectivity index is 1.99. The lowest BCUT2D eigenvalue weighted by molar-refractivity contribution is -0.139. The maximum atomic E-state index is 10.5. The zero-order chi connectivity index (χ0) is 10.6. The Morgan fingerprint density at radius 1 is 1.50 bits per heavy atom. The predicted octanol–water partition coefficient (Wildman–Crippen LogP) is -0.471. The van der Waals surface area contributed by atoms with Crippen molar-refractivity contribution < 1.29 is 14.7 Å². The molecule has 1 aliphatic heterocycles. The summed E-state index contributed by atoms with van der Waals surface area (Å²) >= 11 is 0. The van der Waals surface area contributed by atoms with Crippen molar-refractivity contribution in [1.29, 1.82) is 0 Å². The summed E-state index contributed by atoms with van der Waals surface area (Å²) in [6, 6.07) is 0. The van der Waals surface area contributed by atoms with E-state index in [0.29, 0.717) is 12.5 Å². The Bertz CT molecular complexity index is 221. The van der Waals surface area contributed by atoms with Gasteiger partial charge in [0.05, 0.1) is 6.42 Å². The number of carbonyl (C=O) groups is 2. The number of hydrogen-bond donors (Lipinski definition) is 2. The van der Waals surface area contributed by atoms with Crippen LogP contribution < -0.4 is 5.32 Å². The van der Waals surface area contributed by atoms with Crippen molar-refractivity contribution in [3.05, 3.63) is 0 Å². The molecule has 5 heteroatoms. The van der Waals surface area contributed by atoms with E-state index in [1.165, 1.54) is 6.92 Å². The summed E-state index contributed by atoms with van der Waals surface area (Å²) in [5.41, 5.74) is 0. The molecule has 1 rings (SSSR count). The highest BCUT2D eigenvalue weighted by atomic mass is 16.4. The number of likely N-dealkylation sites (tertiary alicyclic amines) is 1. The molecule has 0 spiro atoms. The molecule has 1 saturated heterocycles. The number of rotatable bonds is 5. The number of carboxylic acid groups (broad SMARTS) is 1. The lowest BCUT2D eigenvalue weighted by Gasteiger charge is -2.38. The second-order valence-electron chi connectivity index (χ2n) is 3.71. The van der Waals surface area contributed by atoms with Crippen LogP contribution in [0.1, 0.15) is 13.3 Å². The fourth-order valence-corrected chi connectivity index (χ4v) is 1.63. The van der Waals surface area contributed by atoms with Gasteiger partial charge in [-0.2, -0.15) is 0 Å². The standard InChI is InChI=1S/C9H16N2O3/c1-7(12)10-2-3-11-5-8(6-11)4-9(13)14/h8H,2-6H2,1H3,(H,10,12)(H,13,14). The third kappa shape index (κ3) is 3.74. The third-order valence-corrected chi connectivity index (χ3v) is 2.30. The summed E-state index contributed by atoms with van der Waals surface area (Å²) < 4.78 is 0. The normalized spacial score (nSPS) is 17.5. The van der Waals surface area contributed by atoms with Crippen LogP contribution in [0.15, 0.2) is 0 Å². The highest BCUT2D eigenvalue weighted by Gasteiger charge is 2.27. The highest BCUT2D eigenvalue weighted by Crippen LogP contribution is 2.17. The maximum Gasteiger partial charge on any atom is 0.303 e. The van der Waals surface area contributed by atoms with Crippen molar-refractivity contribution in [1.82, 2.24) is 10.2 Å². The molecule has 0 aromatic carbocycles. The van der Waals surface area contributed by atoms with E-state index in [1.807, 2.05) is 0 Å². The van der Waals surface area contributed by atoms with Crippen molar-refractivity contribution in [3.63, 3.8) is 0 Å². The molecule has 1 fully saturated rings. The first-order valence-corrected chi connectivity index (χ1v) is 4.76. The van der Waals surface area contributed by atoms with Crippen molar-refractivity contribution >= 4 is 11.9 Å². The van der Waals surface area contributed by atoms with E-state index in [1.54, 1.807) is 0 Å². The van der Waals surface area contributed by atoms with Gasteiger partial charge in [-0.3, -0.25) is 9.59 Å². The molecule has 0 bridgehead atoms. The van der Waals surface area contributed by atoms with Crippen LogP contribution in [0.4, 0.5) is 0 Å². The minimum atomic E-state index is -0.725. The van der Waals surface area contributed by atoms with Gasteiger partial charge in [0, 0.05) is 33.1 Å². The molecular weight excluding hydrogens is 184 g/mol. The van der Waals surface area contributed by atoms with Gasteiger partial charge in [-0.1, -0.05) is 0 Å². The zero-order valence-electron chi connectivity index (χ0n) is 8.32. The van der Waals surface area contributed by atoms with E-state index < -0.39 is 5.97 Å². The quantitative estimate of drug-likeness (QED) is 0.629. The van der Waals surface area contributed by atoms with Crippen LogP contribution >= 0.6 is 0 Å². The molecule has 1 heterocycles. The highest BCUT2D eigenvalue weighted by molar-refractivity contribution is 5.72. The first-order valence-electron chi connectivity index (χ1n) is 4.76. The molecule has 80 valence electrons. The van der Waals surface area contributed by atoms with Crippen LogP contribution in [-0.4, -0.2) is 48.1 Å². The Morgan fingerprint density at radius 2 is 2.14 bits per heavy atom. The minimum absolute atomic E-state index is 0.0207. The van der Waals surface area contributed by atoms with Crippen LogP contribution in [0, 0.1) is 5.92 Å². The van der Waals surface area contributed by atoms with E-state index in [0.717, 1.165) is 19.6 Å². The van der Waals surface area contributed by atoms with Crippen molar-refractivity contribution in [3.8, 4) is 0 Å². The van der Waals surface area contributed by atoms with Gasteiger partial charge in [0.15, 0.2) is 0 Å². The van der Waals surface area contributed by atoms with Crippen molar-refractivity contribution in [2.75, 3.05) is 26.2 Å². The van der Waals surface area contributed by atoms with Gasteiger partial charge in [0.2, 0.25) is 5.91 Å². The van der Waals surface area contributed by atoms with Gasteiger partial charge in [-0.25, -0.2) is 0 Å². The van der Waals surface area contributed by atoms with Gasteiger partial charge >= 0.3 is 5.97 Å². The average molecular weight is 200 g/mol. The molecule has 1 aliphatic rings. The molecule has 0 aromatic rings. The number of hydrogen-bond acceptors (Lipinski definition) is 3. The molecule has 14 heavy (non-hydrogen) atoms. The first kappa shape index (κ1) is 11.0. The third-order valence-electron chi connectivity index (χ3n) is 2.30. The Hall–Kier alpha value is -1.10.